The number of aliphatic hydroxyl groups excluding tert-OH is 1. The highest BCUT2D eigenvalue weighted by atomic mass is 31.2. The van der Waals surface area contributed by atoms with E-state index in [4.69, 9.17) is 37.0 Å². The number of aliphatic hydroxyl groups is 1. The van der Waals surface area contributed by atoms with Gasteiger partial charge in [-0.25, -0.2) is 9.13 Å². The van der Waals surface area contributed by atoms with Crippen LogP contribution in [0.25, 0.3) is 0 Å². The van der Waals surface area contributed by atoms with Crippen LogP contribution in [-0.2, 0) is 65.4 Å². The van der Waals surface area contributed by atoms with Crippen molar-refractivity contribution in [2.24, 2.45) is 11.8 Å². The van der Waals surface area contributed by atoms with E-state index in [9.17, 15) is 43.2 Å². The zero-order valence-corrected chi connectivity index (χ0v) is 56.7. The zero-order valence-electron chi connectivity index (χ0n) is 54.9. The Bertz CT molecular complexity index is 1670. The molecule has 0 saturated carbocycles. The van der Waals surface area contributed by atoms with Crippen LogP contribution < -0.4 is 0 Å². The van der Waals surface area contributed by atoms with Gasteiger partial charge < -0.3 is 33.8 Å². The van der Waals surface area contributed by atoms with Crippen molar-refractivity contribution >= 4 is 39.5 Å². The van der Waals surface area contributed by atoms with Gasteiger partial charge in [-0.05, 0) is 37.5 Å². The minimum Gasteiger partial charge on any atom is -0.462 e. The molecule has 0 amide bonds. The largest absolute Gasteiger partial charge is 0.472 e. The smallest absolute Gasteiger partial charge is 0.462 e. The van der Waals surface area contributed by atoms with Crippen LogP contribution in [-0.4, -0.2) is 96.7 Å². The molecule has 0 radical (unpaired) electrons. The summed E-state index contributed by atoms with van der Waals surface area (Å²) in [6, 6.07) is 0. The molecule has 0 aliphatic heterocycles. The van der Waals surface area contributed by atoms with Crippen molar-refractivity contribution in [3.63, 3.8) is 0 Å². The van der Waals surface area contributed by atoms with Gasteiger partial charge in [-0.15, -0.1) is 0 Å². The van der Waals surface area contributed by atoms with Crippen LogP contribution in [0.3, 0.4) is 0 Å². The number of unbranched alkanes of at least 4 members (excludes halogenated alkanes) is 33. The fourth-order valence-electron chi connectivity index (χ4n) is 9.82. The van der Waals surface area contributed by atoms with Crippen molar-refractivity contribution in [1.29, 1.82) is 0 Å². The topological polar surface area (TPSA) is 237 Å². The summed E-state index contributed by atoms with van der Waals surface area (Å²) >= 11 is 0. The van der Waals surface area contributed by atoms with Crippen molar-refractivity contribution in [3.8, 4) is 0 Å². The van der Waals surface area contributed by atoms with Gasteiger partial charge in [0.15, 0.2) is 12.2 Å². The molecule has 17 nitrogen and oxygen atoms in total. The third-order valence-electron chi connectivity index (χ3n) is 15.9. The summed E-state index contributed by atoms with van der Waals surface area (Å²) in [5, 5.41) is 10.5. The van der Waals surface area contributed by atoms with E-state index in [1.165, 1.54) is 141 Å². The Kier molecular flexibility index (Phi) is 57.1. The van der Waals surface area contributed by atoms with Crippen LogP contribution >= 0.6 is 15.6 Å². The van der Waals surface area contributed by atoms with Gasteiger partial charge in [0.25, 0.3) is 0 Å². The van der Waals surface area contributed by atoms with E-state index < -0.39 is 97.5 Å². The van der Waals surface area contributed by atoms with Crippen LogP contribution in [0.1, 0.15) is 330 Å². The third kappa shape index (κ3) is 58.2. The van der Waals surface area contributed by atoms with E-state index in [1.807, 2.05) is 0 Å². The maximum absolute atomic E-state index is 13.0. The van der Waals surface area contributed by atoms with Crippen LogP contribution in [0.15, 0.2) is 0 Å². The average molecular weight is 1260 g/mol. The molecule has 85 heavy (non-hydrogen) atoms. The van der Waals surface area contributed by atoms with E-state index in [0.717, 1.165) is 108 Å². The molecule has 0 aliphatic rings. The molecular weight excluding hydrogens is 1130 g/mol. The second-order valence-electron chi connectivity index (χ2n) is 24.3. The molecule has 0 spiro atoms. The minimum absolute atomic E-state index is 0.106. The summed E-state index contributed by atoms with van der Waals surface area (Å²) in [5.41, 5.74) is 0. The molecular formula is C66H128O17P2. The lowest BCUT2D eigenvalue weighted by molar-refractivity contribution is -0.161. The Morgan fingerprint density at radius 1 is 0.329 bits per heavy atom. The first-order valence-electron chi connectivity index (χ1n) is 34.6. The van der Waals surface area contributed by atoms with Crippen molar-refractivity contribution in [2.45, 2.75) is 349 Å². The molecule has 0 aromatic carbocycles. The predicted molar refractivity (Wildman–Crippen MR) is 340 cm³/mol. The summed E-state index contributed by atoms with van der Waals surface area (Å²) in [7, 11) is -9.89. The molecule has 0 aromatic rings. The van der Waals surface area contributed by atoms with E-state index >= 15 is 0 Å². The van der Waals surface area contributed by atoms with Crippen molar-refractivity contribution in [3.05, 3.63) is 0 Å². The maximum Gasteiger partial charge on any atom is 0.472 e. The summed E-state index contributed by atoms with van der Waals surface area (Å²) < 4.78 is 68.1. The van der Waals surface area contributed by atoms with Gasteiger partial charge in [-0.2, -0.15) is 0 Å². The number of phosphoric ester groups is 2. The van der Waals surface area contributed by atoms with Crippen LogP contribution in [0.5, 0.6) is 0 Å². The zero-order chi connectivity index (χ0) is 62.9. The number of rotatable bonds is 65. The molecule has 0 heterocycles. The molecule has 504 valence electrons. The van der Waals surface area contributed by atoms with E-state index in [2.05, 4.69) is 41.5 Å². The maximum atomic E-state index is 13.0. The number of carbonyl (C=O) groups excluding carboxylic acids is 4. The molecule has 0 aliphatic carbocycles. The highest BCUT2D eigenvalue weighted by Gasteiger charge is 2.30. The predicted octanol–water partition coefficient (Wildman–Crippen LogP) is 18.4. The van der Waals surface area contributed by atoms with Gasteiger partial charge in [-0.3, -0.25) is 37.3 Å². The Hall–Kier alpha value is -1.94. The summed E-state index contributed by atoms with van der Waals surface area (Å²) in [6.07, 6.45) is 41.5. The first-order valence-corrected chi connectivity index (χ1v) is 37.6. The Morgan fingerprint density at radius 3 is 0.835 bits per heavy atom. The highest BCUT2D eigenvalue weighted by Crippen LogP contribution is 2.45. The second kappa shape index (κ2) is 58.4. The van der Waals surface area contributed by atoms with Gasteiger partial charge in [0.1, 0.15) is 19.3 Å². The molecule has 7 atom stereocenters. The van der Waals surface area contributed by atoms with Crippen LogP contribution in [0.4, 0.5) is 0 Å². The quantitative estimate of drug-likeness (QED) is 0.0222. The van der Waals surface area contributed by atoms with Gasteiger partial charge in [0.2, 0.25) is 0 Å². The van der Waals surface area contributed by atoms with Crippen LogP contribution in [0, 0.1) is 11.8 Å². The van der Waals surface area contributed by atoms with Crippen molar-refractivity contribution in [2.75, 3.05) is 39.6 Å². The first kappa shape index (κ1) is 83.1. The fourth-order valence-corrected chi connectivity index (χ4v) is 11.4. The normalized spacial score (nSPS) is 14.9. The fraction of sp³-hybridized carbons (Fsp3) is 0.939. The number of esters is 4. The molecule has 0 saturated heterocycles. The molecule has 0 fully saturated rings. The van der Waals surface area contributed by atoms with E-state index in [0.29, 0.717) is 25.7 Å². The number of hydrogen-bond acceptors (Lipinski definition) is 15. The lowest BCUT2D eigenvalue weighted by Gasteiger charge is -2.21. The van der Waals surface area contributed by atoms with Gasteiger partial charge >= 0.3 is 39.5 Å². The first-order chi connectivity index (χ1) is 40.9. The van der Waals surface area contributed by atoms with Crippen LogP contribution in [0.2, 0.25) is 0 Å². The van der Waals surface area contributed by atoms with Gasteiger partial charge in [0, 0.05) is 25.7 Å². The monoisotopic (exact) mass is 1250 g/mol. The summed E-state index contributed by atoms with van der Waals surface area (Å²) in [6.45, 7) is 9.51. The molecule has 3 N–H and O–H groups in total. The highest BCUT2D eigenvalue weighted by molar-refractivity contribution is 7.47. The minimum atomic E-state index is -4.95. The average Bonchev–Trinajstić information content (AvgIpc) is 3.55. The summed E-state index contributed by atoms with van der Waals surface area (Å²) in [5.74, 6) is -0.552. The lowest BCUT2D eigenvalue weighted by Crippen LogP contribution is -2.30. The second-order valence-corrected chi connectivity index (χ2v) is 27.2. The Balaban J connectivity index is 5.24. The molecule has 0 bridgehead atoms. The molecule has 0 aromatic heterocycles. The van der Waals surface area contributed by atoms with Gasteiger partial charge in [0.05, 0.1) is 26.4 Å². The number of phosphoric acid groups is 2. The number of ether oxygens (including phenoxy) is 4. The Labute approximate surface area is 517 Å². The SMILES string of the molecule is CCCCCCCCCCCCCC(=O)O[C@H](COC(=O)CCCCCCCCCC)COP(=O)(O)OC[C@H](O)COP(=O)(O)OC[C@@H](COC(=O)CCCCCCCCCCC(C)CC)OC(=O)CCCCCCCCCCCCC(C)CC. The van der Waals surface area contributed by atoms with Gasteiger partial charge in [-0.1, -0.05) is 279 Å². The van der Waals surface area contributed by atoms with Crippen molar-refractivity contribution in [1.82, 2.24) is 0 Å². The van der Waals surface area contributed by atoms with Crippen molar-refractivity contribution < 1.29 is 80.2 Å². The molecule has 4 unspecified atom stereocenters. The molecule has 19 heteroatoms. The van der Waals surface area contributed by atoms with E-state index in [1.54, 1.807) is 0 Å². The third-order valence-corrected chi connectivity index (χ3v) is 17.8. The Morgan fingerprint density at radius 2 is 0.565 bits per heavy atom. The lowest BCUT2D eigenvalue weighted by atomic mass is 9.99. The standard InChI is InChI=1S/C66H128O17P2/c1-7-11-13-15-17-19-20-24-32-38-44-50-65(70)82-61(54-76-63(68)48-42-36-30-18-16-14-12-8-2)56-80-84(72,73)78-52-60(67)53-79-85(74,75)81-57-62(55-77-64(69)49-43-37-31-27-26-29-35-41-47-59(6)10-4)83-66(71)51-45-39-33-25-22-21-23-28-34-40-46-58(5)9-3/h58-62,67H,7-57H2,1-6H3,(H,72,73)(H,74,75)/t58?,59?,60-,61+,62+/m0/s1. The number of hydrogen-bond donors (Lipinski definition) is 3. The summed E-state index contributed by atoms with van der Waals surface area (Å²) in [4.78, 5) is 72.3. The molecule has 0 rings (SSSR count). The number of carbonyl (C=O) groups is 4. The van der Waals surface area contributed by atoms with E-state index in [-0.39, 0.29) is 25.7 Å².